The Hall–Kier alpha value is -3.67. The first-order valence-electron chi connectivity index (χ1n) is 13.0. The average molecular weight is 553 g/mol. The van der Waals surface area contributed by atoms with Gasteiger partial charge in [-0.05, 0) is 48.9 Å². The first-order valence-corrected chi connectivity index (χ1v) is 14.2. The molecule has 1 aromatic heterocycles. The number of carbonyl (C=O) groups is 2. The van der Waals surface area contributed by atoms with E-state index >= 15 is 0 Å². The van der Waals surface area contributed by atoms with Crippen molar-refractivity contribution in [3.05, 3.63) is 66.4 Å². The lowest BCUT2D eigenvalue weighted by Gasteiger charge is -2.32. The molecule has 10 nitrogen and oxygen atoms in total. The molecule has 4 rings (SSSR count). The fraction of sp³-hybridized carbons (Fsp3) is 0.357. The summed E-state index contributed by atoms with van der Waals surface area (Å²) in [5.74, 6) is 0.365. The molecule has 1 aliphatic rings. The molecule has 3 aromatic rings. The molecule has 2 amide bonds. The number of nitrogens with zero attached hydrogens (tertiary/aromatic N) is 4. The van der Waals surface area contributed by atoms with Crippen molar-refractivity contribution in [2.75, 3.05) is 38.6 Å². The zero-order valence-electron chi connectivity index (χ0n) is 22.8. The number of aromatic nitrogens is 2. The summed E-state index contributed by atoms with van der Waals surface area (Å²) < 4.78 is 20.7. The van der Waals surface area contributed by atoms with E-state index in [1.54, 1.807) is 53.4 Å². The van der Waals surface area contributed by atoms with E-state index < -0.39 is 11.0 Å². The van der Waals surface area contributed by atoms with Crippen LogP contribution in [-0.4, -0.2) is 75.8 Å². The standard InChI is InChI=1S/C26H30N6O4S.C2H6/c1-3-24(36-2)30-37(35)22-10-6-19(7-11-22)23-12-13-27-26(29-23)28-21-8-4-20(5-9-21)25(34)32-16-14-31(18-33)15-17-32;1-2/h4-13,18,24,30H,3,14-17H2,1-2H3,(H,27,28,29);1-2H3. The summed E-state index contributed by atoms with van der Waals surface area (Å²) in [6.07, 6.45) is 2.91. The molecular formula is C28H36N6O4S. The summed E-state index contributed by atoms with van der Waals surface area (Å²) in [4.78, 5) is 36.6. The first kappa shape index (κ1) is 29.9. The Bertz CT molecular complexity index is 1230. The molecule has 0 saturated carbocycles. The Kier molecular flexibility index (Phi) is 11.5. The second-order valence-electron chi connectivity index (χ2n) is 8.44. The lowest BCUT2D eigenvalue weighted by atomic mass is 10.1. The van der Waals surface area contributed by atoms with Crippen molar-refractivity contribution in [3.63, 3.8) is 0 Å². The van der Waals surface area contributed by atoms with Crippen LogP contribution in [0.15, 0.2) is 65.7 Å². The largest absolute Gasteiger partial charge is 0.366 e. The minimum Gasteiger partial charge on any atom is -0.366 e. The molecule has 2 unspecified atom stereocenters. The molecule has 0 radical (unpaired) electrons. The number of methoxy groups -OCH3 is 1. The third-order valence-corrected chi connectivity index (χ3v) is 7.23. The zero-order valence-corrected chi connectivity index (χ0v) is 23.6. The third-order valence-electron chi connectivity index (χ3n) is 6.05. The maximum absolute atomic E-state index is 12.8. The van der Waals surface area contributed by atoms with Crippen LogP contribution in [0.4, 0.5) is 11.6 Å². The average Bonchev–Trinajstić information content (AvgIpc) is 3.01. The summed E-state index contributed by atoms with van der Waals surface area (Å²) in [6, 6.07) is 16.3. The van der Waals surface area contributed by atoms with Crippen LogP contribution in [-0.2, 0) is 20.5 Å². The normalized spacial score (nSPS) is 14.6. The minimum absolute atomic E-state index is 0.0534. The highest BCUT2D eigenvalue weighted by molar-refractivity contribution is 7.83. The van der Waals surface area contributed by atoms with Gasteiger partial charge in [0, 0.05) is 56.3 Å². The van der Waals surface area contributed by atoms with E-state index in [1.165, 1.54) is 0 Å². The van der Waals surface area contributed by atoms with Crippen molar-refractivity contribution in [2.24, 2.45) is 0 Å². The van der Waals surface area contributed by atoms with Crippen molar-refractivity contribution in [1.82, 2.24) is 24.5 Å². The first-order chi connectivity index (χ1) is 19.0. The lowest BCUT2D eigenvalue weighted by Crippen LogP contribution is -2.48. The quantitative estimate of drug-likeness (QED) is 0.290. The van der Waals surface area contributed by atoms with Gasteiger partial charge in [-0.2, -0.15) is 0 Å². The maximum atomic E-state index is 12.8. The van der Waals surface area contributed by atoms with Gasteiger partial charge in [0.15, 0.2) is 0 Å². The maximum Gasteiger partial charge on any atom is 0.253 e. The number of piperazine rings is 1. The second kappa shape index (κ2) is 15.1. The van der Waals surface area contributed by atoms with Crippen LogP contribution < -0.4 is 10.0 Å². The molecule has 2 aromatic carbocycles. The molecule has 0 spiro atoms. The molecule has 0 aliphatic carbocycles. The number of nitrogens with one attached hydrogen (secondary N) is 2. The smallest absolute Gasteiger partial charge is 0.253 e. The summed E-state index contributed by atoms with van der Waals surface area (Å²) in [7, 11) is 0.198. The number of hydrogen-bond acceptors (Lipinski definition) is 7. The Balaban J connectivity index is 0.00000205. The zero-order chi connectivity index (χ0) is 28.2. The van der Waals surface area contributed by atoms with Crippen LogP contribution in [0.2, 0.25) is 0 Å². The van der Waals surface area contributed by atoms with Gasteiger partial charge in [0.1, 0.15) is 17.2 Å². The minimum atomic E-state index is -1.38. The van der Waals surface area contributed by atoms with Crippen LogP contribution in [0.5, 0.6) is 0 Å². The van der Waals surface area contributed by atoms with E-state index in [0.29, 0.717) is 54.7 Å². The van der Waals surface area contributed by atoms with Crippen molar-refractivity contribution in [1.29, 1.82) is 0 Å². The number of ether oxygens (including phenoxy) is 1. The van der Waals surface area contributed by atoms with Gasteiger partial charge >= 0.3 is 0 Å². The predicted octanol–water partition coefficient (Wildman–Crippen LogP) is 3.82. The van der Waals surface area contributed by atoms with Gasteiger partial charge in [0.25, 0.3) is 5.91 Å². The monoisotopic (exact) mass is 552 g/mol. The second-order valence-corrected chi connectivity index (χ2v) is 9.69. The predicted molar refractivity (Wildman–Crippen MR) is 153 cm³/mol. The Morgan fingerprint density at radius 1 is 1.05 bits per heavy atom. The van der Waals surface area contributed by atoms with Gasteiger partial charge in [0.05, 0.1) is 10.6 Å². The van der Waals surface area contributed by atoms with E-state index in [-0.39, 0.29) is 12.1 Å². The summed E-state index contributed by atoms with van der Waals surface area (Å²) in [5, 5.41) is 3.17. The molecule has 0 bridgehead atoms. The van der Waals surface area contributed by atoms with Crippen molar-refractivity contribution in [2.45, 2.75) is 38.3 Å². The van der Waals surface area contributed by atoms with Gasteiger partial charge in [-0.15, -0.1) is 0 Å². The highest BCUT2D eigenvalue weighted by Gasteiger charge is 2.21. The van der Waals surface area contributed by atoms with E-state index in [9.17, 15) is 13.8 Å². The van der Waals surface area contributed by atoms with Crippen LogP contribution in [0, 0.1) is 0 Å². The summed E-state index contributed by atoms with van der Waals surface area (Å²) in [5.41, 5.74) is 2.91. The van der Waals surface area contributed by atoms with Crippen molar-refractivity contribution >= 4 is 34.9 Å². The number of carbonyl (C=O) groups excluding carboxylic acids is 2. The van der Waals surface area contributed by atoms with Crippen LogP contribution in [0.25, 0.3) is 11.3 Å². The molecule has 11 heteroatoms. The molecule has 1 aliphatic heterocycles. The fourth-order valence-electron chi connectivity index (χ4n) is 3.85. The number of anilines is 2. The Morgan fingerprint density at radius 2 is 1.72 bits per heavy atom. The number of amides is 2. The van der Waals surface area contributed by atoms with Gasteiger partial charge in [-0.1, -0.05) is 32.9 Å². The molecule has 2 N–H and O–H groups in total. The van der Waals surface area contributed by atoms with Gasteiger partial charge in [0.2, 0.25) is 12.4 Å². The molecule has 1 fully saturated rings. The molecule has 2 heterocycles. The number of benzene rings is 2. The van der Waals surface area contributed by atoms with E-state index in [0.717, 1.165) is 17.7 Å². The number of hydrogen-bond donors (Lipinski definition) is 2. The summed E-state index contributed by atoms with van der Waals surface area (Å²) >= 11 is 0. The van der Waals surface area contributed by atoms with E-state index in [4.69, 9.17) is 4.74 Å². The van der Waals surface area contributed by atoms with E-state index in [2.05, 4.69) is 20.0 Å². The van der Waals surface area contributed by atoms with Gasteiger partial charge in [-0.3, -0.25) is 9.59 Å². The molecular weight excluding hydrogens is 516 g/mol. The van der Waals surface area contributed by atoms with E-state index in [1.807, 2.05) is 45.0 Å². The Morgan fingerprint density at radius 3 is 2.31 bits per heavy atom. The van der Waals surface area contributed by atoms with Crippen LogP contribution >= 0.6 is 0 Å². The Labute approximate surface area is 232 Å². The highest BCUT2D eigenvalue weighted by atomic mass is 32.2. The topological polar surface area (TPSA) is 117 Å². The molecule has 208 valence electrons. The summed E-state index contributed by atoms with van der Waals surface area (Å²) in [6.45, 7) is 8.10. The SMILES string of the molecule is CC.CCC(NS(=O)c1ccc(-c2ccnc(Nc3ccc(C(=O)N4CCN(C=O)CC4)cc3)n2)cc1)OC. The van der Waals surface area contributed by atoms with Crippen LogP contribution in [0.1, 0.15) is 37.6 Å². The third kappa shape index (κ3) is 8.16. The molecule has 2 atom stereocenters. The lowest BCUT2D eigenvalue weighted by molar-refractivity contribution is -0.119. The molecule has 39 heavy (non-hydrogen) atoms. The van der Waals surface area contributed by atoms with Crippen LogP contribution in [0.3, 0.4) is 0 Å². The van der Waals surface area contributed by atoms with Gasteiger partial charge < -0.3 is 19.9 Å². The van der Waals surface area contributed by atoms with Crippen molar-refractivity contribution in [3.8, 4) is 11.3 Å². The van der Waals surface area contributed by atoms with Crippen molar-refractivity contribution < 1.29 is 18.5 Å². The van der Waals surface area contributed by atoms with Gasteiger partial charge in [-0.25, -0.2) is 18.9 Å². The fourth-order valence-corrected chi connectivity index (χ4v) is 4.87. The molecule has 1 saturated heterocycles. The highest BCUT2D eigenvalue weighted by Crippen LogP contribution is 2.21. The number of rotatable bonds is 10.